The molecule has 1 aromatic carbocycles. The quantitative estimate of drug-likeness (QED) is 0.866. The first-order valence-corrected chi connectivity index (χ1v) is 6.35. The molecule has 0 radical (unpaired) electrons. The second kappa shape index (κ2) is 5.63. The minimum Gasteiger partial charge on any atom is -0.371 e. The van der Waals surface area contributed by atoms with Gasteiger partial charge in [0.1, 0.15) is 0 Å². The fraction of sp³-hybridized carbons (Fsp3) is 0.571. The number of morpholine rings is 1. The van der Waals surface area contributed by atoms with E-state index < -0.39 is 0 Å². The third kappa shape index (κ3) is 3.06. The lowest BCUT2D eigenvalue weighted by atomic mass is 10.0. The molecule has 1 aromatic rings. The molecule has 1 heterocycles. The van der Waals surface area contributed by atoms with Crippen molar-refractivity contribution in [3.05, 3.63) is 35.9 Å². The molecule has 0 aromatic heterocycles. The van der Waals surface area contributed by atoms with E-state index in [2.05, 4.69) is 49.1 Å². The van der Waals surface area contributed by atoms with Gasteiger partial charge < -0.3 is 10.5 Å². The minimum atomic E-state index is 0.171. The number of ether oxygens (including phenoxy) is 1. The van der Waals surface area contributed by atoms with Crippen LogP contribution in [-0.2, 0) is 4.74 Å². The molecular formula is C14H22N2O. The maximum Gasteiger partial charge on any atom is 0.0828 e. The molecule has 1 aliphatic rings. The van der Waals surface area contributed by atoms with Gasteiger partial charge in [-0.1, -0.05) is 30.3 Å². The maximum atomic E-state index is 5.79. The van der Waals surface area contributed by atoms with Crippen molar-refractivity contribution in [2.24, 2.45) is 5.73 Å². The fourth-order valence-electron chi connectivity index (χ4n) is 2.47. The molecule has 3 atom stereocenters. The van der Waals surface area contributed by atoms with Crippen molar-refractivity contribution < 1.29 is 4.74 Å². The Bertz CT molecular complexity index is 341. The van der Waals surface area contributed by atoms with Crippen molar-refractivity contribution in [1.82, 2.24) is 4.90 Å². The van der Waals surface area contributed by atoms with Gasteiger partial charge in [-0.25, -0.2) is 0 Å². The monoisotopic (exact) mass is 234 g/mol. The Morgan fingerprint density at radius 2 is 2.06 bits per heavy atom. The van der Waals surface area contributed by atoms with E-state index >= 15 is 0 Å². The molecule has 94 valence electrons. The highest BCUT2D eigenvalue weighted by molar-refractivity contribution is 5.18. The summed E-state index contributed by atoms with van der Waals surface area (Å²) in [6, 6.07) is 11.0. The van der Waals surface area contributed by atoms with Gasteiger partial charge in [0, 0.05) is 25.7 Å². The molecule has 0 spiro atoms. The number of hydrogen-bond donors (Lipinski definition) is 1. The Hall–Kier alpha value is -0.900. The second-order valence-corrected chi connectivity index (χ2v) is 4.84. The standard InChI is InChI=1S/C14H22N2O/c1-11-9-16(10-14(8-15)17-11)12(2)13-6-4-3-5-7-13/h3-7,11-12,14H,8-10,15H2,1-2H3. The van der Waals surface area contributed by atoms with Crippen molar-refractivity contribution in [2.75, 3.05) is 19.6 Å². The van der Waals surface area contributed by atoms with Gasteiger partial charge in [0.15, 0.2) is 0 Å². The Morgan fingerprint density at radius 1 is 1.35 bits per heavy atom. The van der Waals surface area contributed by atoms with Gasteiger partial charge in [0.25, 0.3) is 0 Å². The van der Waals surface area contributed by atoms with Gasteiger partial charge >= 0.3 is 0 Å². The molecule has 1 saturated heterocycles. The minimum absolute atomic E-state index is 0.171. The lowest BCUT2D eigenvalue weighted by Crippen LogP contribution is -2.49. The average molecular weight is 234 g/mol. The normalized spacial score (nSPS) is 27.9. The van der Waals surface area contributed by atoms with Crippen molar-refractivity contribution in [2.45, 2.75) is 32.1 Å². The lowest BCUT2D eigenvalue weighted by molar-refractivity contribution is -0.0827. The van der Waals surface area contributed by atoms with E-state index in [9.17, 15) is 0 Å². The summed E-state index contributed by atoms with van der Waals surface area (Å²) in [5.41, 5.74) is 7.07. The Kier molecular flexibility index (Phi) is 4.15. The molecule has 1 aliphatic heterocycles. The molecule has 2 N–H and O–H groups in total. The van der Waals surface area contributed by atoms with Crippen LogP contribution in [-0.4, -0.2) is 36.7 Å². The van der Waals surface area contributed by atoms with Crippen LogP contribution in [0.15, 0.2) is 30.3 Å². The van der Waals surface area contributed by atoms with Crippen molar-refractivity contribution in [3.63, 3.8) is 0 Å². The largest absolute Gasteiger partial charge is 0.371 e. The summed E-state index contributed by atoms with van der Waals surface area (Å²) >= 11 is 0. The van der Waals surface area contributed by atoms with Crippen LogP contribution in [0.3, 0.4) is 0 Å². The van der Waals surface area contributed by atoms with Crippen molar-refractivity contribution in [1.29, 1.82) is 0 Å². The third-order valence-corrected chi connectivity index (χ3v) is 3.45. The maximum absolute atomic E-state index is 5.79. The van der Waals surface area contributed by atoms with E-state index in [1.807, 2.05) is 0 Å². The Morgan fingerprint density at radius 3 is 2.71 bits per heavy atom. The smallest absolute Gasteiger partial charge is 0.0828 e. The van der Waals surface area contributed by atoms with E-state index in [1.165, 1.54) is 5.56 Å². The predicted molar refractivity (Wildman–Crippen MR) is 69.8 cm³/mol. The highest BCUT2D eigenvalue weighted by Gasteiger charge is 2.27. The molecule has 1 fully saturated rings. The van der Waals surface area contributed by atoms with Crippen molar-refractivity contribution >= 4 is 0 Å². The lowest BCUT2D eigenvalue weighted by Gasteiger charge is -2.39. The average Bonchev–Trinajstić information content (AvgIpc) is 2.38. The zero-order valence-corrected chi connectivity index (χ0v) is 10.7. The number of hydrogen-bond acceptors (Lipinski definition) is 3. The van der Waals surface area contributed by atoms with E-state index in [0.717, 1.165) is 13.1 Å². The van der Waals surface area contributed by atoms with E-state index in [4.69, 9.17) is 10.5 Å². The highest BCUT2D eigenvalue weighted by atomic mass is 16.5. The molecule has 17 heavy (non-hydrogen) atoms. The Balaban J connectivity index is 2.06. The van der Waals surface area contributed by atoms with Gasteiger partial charge in [-0.2, -0.15) is 0 Å². The molecule has 3 unspecified atom stereocenters. The summed E-state index contributed by atoms with van der Waals surface area (Å²) in [7, 11) is 0. The van der Waals surface area contributed by atoms with E-state index in [0.29, 0.717) is 12.6 Å². The summed E-state index contributed by atoms with van der Waals surface area (Å²) in [6.45, 7) is 6.87. The van der Waals surface area contributed by atoms with Crippen LogP contribution in [0, 0.1) is 0 Å². The molecule has 3 heteroatoms. The topological polar surface area (TPSA) is 38.5 Å². The van der Waals surface area contributed by atoms with Crippen LogP contribution < -0.4 is 5.73 Å². The van der Waals surface area contributed by atoms with Crippen molar-refractivity contribution in [3.8, 4) is 0 Å². The molecule has 0 bridgehead atoms. The summed E-state index contributed by atoms with van der Waals surface area (Å²) in [5.74, 6) is 0. The van der Waals surface area contributed by atoms with Crippen LogP contribution in [0.4, 0.5) is 0 Å². The van der Waals surface area contributed by atoms with Crippen LogP contribution in [0.25, 0.3) is 0 Å². The van der Waals surface area contributed by atoms with Crippen LogP contribution in [0.2, 0.25) is 0 Å². The summed E-state index contributed by atoms with van der Waals surface area (Å²) in [4.78, 5) is 2.46. The van der Waals surface area contributed by atoms with Gasteiger partial charge in [0.05, 0.1) is 12.2 Å². The molecule has 0 amide bonds. The number of nitrogens with two attached hydrogens (primary N) is 1. The van der Waals surface area contributed by atoms with Gasteiger partial charge in [0.2, 0.25) is 0 Å². The van der Waals surface area contributed by atoms with Crippen LogP contribution in [0.1, 0.15) is 25.5 Å². The molecule has 0 saturated carbocycles. The van der Waals surface area contributed by atoms with Gasteiger partial charge in [-0.05, 0) is 19.4 Å². The zero-order chi connectivity index (χ0) is 12.3. The van der Waals surface area contributed by atoms with E-state index in [1.54, 1.807) is 0 Å². The first kappa shape index (κ1) is 12.6. The highest BCUT2D eigenvalue weighted by Crippen LogP contribution is 2.23. The SMILES string of the molecule is CC1CN(C(C)c2ccccc2)CC(CN)O1. The number of rotatable bonds is 3. The van der Waals surface area contributed by atoms with Gasteiger partial charge in [-0.3, -0.25) is 4.90 Å². The molecule has 2 rings (SSSR count). The molecule has 3 nitrogen and oxygen atoms in total. The van der Waals surface area contributed by atoms with Crippen LogP contribution >= 0.6 is 0 Å². The predicted octanol–water partition coefficient (Wildman–Crippen LogP) is 1.80. The van der Waals surface area contributed by atoms with E-state index in [-0.39, 0.29) is 12.2 Å². The summed E-state index contributed by atoms with van der Waals surface area (Å²) in [5, 5.41) is 0. The molecular weight excluding hydrogens is 212 g/mol. The second-order valence-electron chi connectivity index (χ2n) is 4.84. The Labute approximate surface area is 104 Å². The summed E-state index contributed by atoms with van der Waals surface area (Å²) < 4.78 is 5.79. The third-order valence-electron chi connectivity index (χ3n) is 3.45. The van der Waals surface area contributed by atoms with Gasteiger partial charge in [-0.15, -0.1) is 0 Å². The number of benzene rings is 1. The number of nitrogens with zero attached hydrogens (tertiary/aromatic N) is 1. The zero-order valence-electron chi connectivity index (χ0n) is 10.7. The first-order chi connectivity index (χ1) is 8.20. The first-order valence-electron chi connectivity index (χ1n) is 6.35. The molecule has 0 aliphatic carbocycles. The summed E-state index contributed by atoms with van der Waals surface area (Å²) in [6.07, 6.45) is 0.438. The fourth-order valence-corrected chi connectivity index (χ4v) is 2.47. The van der Waals surface area contributed by atoms with Crippen LogP contribution in [0.5, 0.6) is 0 Å².